The summed E-state index contributed by atoms with van der Waals surface area (Å²) in [7, 11) is 0. The van der Waals surface area contributed by atoms with Gasteiger partial charge in [-0.05, 0) is 61.5 Å². The maximum atomic E-state index is 13.0. The van der Waals surface area contributed by atoms with Gasteiger partial charge in [0, 0.05) is 22.8 Å². The molecule has 33 heavy (non-hydrogen) atoms. The molecule has 3 heterocycles. The smallest absolute Gasteiger partial charge is 0.346 e. The molecule has 3 aromatic heterocycles. The van der Waals surface area contributed by atoms with Gasteiger partial charge >= 0.3 is 6.18 Å². The number of rotatable bonds is 4. The molecule has 1 N–H and O–H groups in total. The minimum absolute atomic E-state index is 0.245. The molecule has 0 atom stereocenters. The van der Waals surface area contributed by atoms with Gasteiger partial charge in [0.15, 0.2) is 0 Å². The average molecular weight is 466 g/mol. The molecule has 0 saturated heterocycles. The number of carbonyl (C=O) groups is 1. The minimum Gasteiger partial charge on any atom is -0.346 e. The predicted molar refractivity (Wildman–Crippen MR) is 122 cm³/mol. The third-order valence-electron chi connectivity index (χ3n) is 5.28. The average Bonchev–Trinajstić information content (AvgIpc) is 3.32. The van der Waals surface area contributed by atoms with Crippen molar-refractivity contribution in [1.82, 2.24) is 19.9 Å². The molecule has 0 radical (unpaired) electrons. The second-order valence-corrected chi connectivity index (χ2v) is 8.68. The van der Waals surface area contributed by atoms with E-state index in [-0.39, 0.29) is 5.91 Å². The topological polar surface area (TPSA) is 59.8 Å². The lowest BCUT2D eigenvalue weighted by Crippen LogP contribution is -2.23. The van der Waals surface area contributed by atoms with Gasteiger partial charge in [-0.2, -0.15) is 13.2 Å². The fourth-order valence-electron chi connectivity index (χ4n) is 3.75. The van der Waals surface area contributed by atoms with E-state index in [4.69, 9.17) is 0 Å². The number of fused-ring (bicyclic) bond motifs is 3. The highest BCUT2D eigenvalue weighted by Crippen LogP contribution is 2.36. The fourth-order valence-corrected chi connectivity index (χ4v) is 4.71. The van der Waals surface area contributed by atoms with Crippen LogP contribution in [0.25, 0.3) is 26.9 Å². The number of halogens is 3. The molecule has 2 aromatic carbocycles. The van der Waals surface area contributed by atoms with Crippen LogP contribution in [-0.4, -0.2) is 20.4 Å². The Bertz CT molecular complexity index is 1470. The molecule has 0 aliphatic heterocycles. The number of benzene rings is 2. The molecule has 1 amide bonds. The van der Waals surface area contributed by atoms with Crippen LogP contribution in [0, 0.1) is 6.92 Å². The lowest BCUT2D eigenvalue weighted by atomic mass is 10.1. The Labute approximate surface area is 190 Å². The first-order valence-electron chi connectivity index (χ1n) is 10.1. The number of hydrogen-bond acceptors (Lipinski definition) is 4. The Balaban J connectivity index is 1.55. The van der Waals surface area contributed by atoms with Crippen molar-refractivity contribution in [1.29, 1.82) is 0 Å². The van der Waals surface area contributed by atoms with Crippen LogP contribution in [0.1, 0.15) is 26.6 Å². The van der Waals surface area contributed by atoms with Gasteiger partial charge in [-0.25, -0.2) is 4.98 Å². The summed E-state index contributed by atoms with van der Waals surface area (Å²) in [4.78, 5) is 22.4. The number of carbonyl (C=O) groups excluding carboxylic acids is 1. The van der Waals surface area contributed by atoms with E-state index in [1.54, 1.807) is 24.4 Å². The van der Waals surface area contributed by atoms with E-state index in [9.17, 15) is 18.0 Å². The molecular weight excluding hydrogens is 449 g/mol. The zero-order valence-corrected chi connectivity index (χ0v) is 18.2. The third-order valence-corrected chi connectivity index (χ3v) is 6.24. The summed E-state index contributed by atoms with van der Waals surface area (Å²) in [6.07, 6.45) is -2.73. The van der Waals surface area contributed by atoms with Gasteiger partial charge in [-0.1, -0.05) is 6.07 Å². The van der Waals surface area contributed by atoms with Gasteiger partial charge in [0.05, 0.1) is 28.3 Å². The number of nitrogens with one attached hydrogen (secondary N) is 1. The Morgan fingerprint density at radius 1 is 1.09 bits per heavy atom. The number of thiazole rings is 1. The molecule has 0 unspecified atom stereocenters. The second kappa shape index (κ2) is 8.00. The number of alkyl halides is 3. The summed E-state index contributed by atoms with van der Waals surface area (Å²) in [6, 6.07) is 15.8. The summed E-state index contributed by atoms with van der Waals surface area (Å²) < 4.78 is 40.9. The van der Waals surface area contributed by atoms with Crippen LogP contribution in [0.3, 0.4) is 0 Å². The Morgan fingerprint density at radius 2 is 1.88 bits per heavy atom. The van der Waals surface area contributed by atoms with Gasteiger partial charge < -0.3 is 5.32 Å². The first-order chi connectivity index (χ1) is 15.8. The van der Waals surface area contributed by atoms with E-state index in [0.717, 1.165) is 38.6 Å². The summed E-state index contributed by atoms with van der Waals surface area (Å²) >= 11 is 1.45. The van der Waals surface area contributed by atoms with Gasteiger partial charge in [-0.3, -0.25) is 14.3 Å². The molecule has 5 aromatic rings. The molecule has 5 rings (SSSR count). The number of amides is 1. The lowest BCUT2D eigenvalue weighted by Gasteiger charge is -2.10. The van der Waals surface area contributed by atoms with E-state index in [2.05, 4.69) is 15.3 Å². The van der Waals surface area contributed by atoms with Crippen LogP contribution in [0.15, 0.2) is 66.9 Å². The van der Waals surface area contributed by atoms with Gasteiger partial charge in [0.25, 0.3) is 5.91 Å². The number of aryl methyl sites for hydroxylation is 1. The molecule has 5 nitrogen and oxygen atoms in total. The molecule has 0 bridgehead atoms. The highest BCUT2D eigenvalue weighted by molar-refractivity contribution is 7.18. The van der Waals surface area contributed by atoms with Crippen LogP contribution in [0.4, 0.5) is 13.2 Å². The summed E-state index contributed by atoms with van der Waals surface area (Å²) in [6.45, 7) is 2.17. The van der Waals surface area contributed by atoms with E-state index in [0.29, 0.717) is 23.3 Å². The molecule has 0 spiro atoms. The van der Waals surface area contributed by atoms with E-state index < -0.39 is 11.7 Å². The van der Waals surface area contributed by atoms with Crippen LogP contribution < -0.4 is 5.32 Å². The molecule has 0 saturated carbocycles. The first-order valence-corrected chi connectivity index (χ1v) is 10.9. The van der Waals surface area contributed by atoms with Crippen molar-refractivity contribution in [2.24, 2.45) is 0 Å². The molecule has 0 fully saturated rings. The molecular formula is C24H17F3N4OS. The SMILES string of the molecule is Cc1nc2c3cc(C(=O)NCc4ccccn4)ccc3n(-c3ccc(C(F)(F)F)cc3)c2s1. The molecule has 166 valence electrons. The van der Waals surface area contributed by atoms with Crippen molar-refractivity contribution in [2.45, 2.75) is 19.6 Å². The van der Waals surface area contributed by atoms with Crippen molar-refractivity contribution in [3.63, 3.8) is 0 Å². The zero-order chi connectivity index (χ0) is 23.2. The maximum Gasteiger partial charge on any atom is 0.416 e. The number of pyridine rings is 1. The maximum absolute atomic E-state index is 13.0. The van der Waals surface area contributed by atoms with Gasteiger partial charge in [-0.15, -0.1) is 11.3 Å². The lowest BCUT2D eigenvalue weighted by molar-refractivity contribution is -0.137. The molecule has 9 heteroatoms. The van der Waals surface area contributed by atoms with Gasteiger partial charge in [0.2, 0.25) is 0 Å². The number of hydrogen-bond donors (Lipinski definition) is 1. The third kappa shape index (κ3) is 3.95. The molecule has 0 aliphatic rings. The molecule has 0 aliphatic carbocycles. The van der Waals surface area contributed by atoms with Crippen molar-refractivity contribution >= 4 is 38.5 Å². The summed E-state index contributed by atoms with van der Waals surface area (Å²) in [5.41, 5.74) is 2.59. The van der Waals surface area contributed by atoms with E-state index in [1.165, 1.54) is 23.5 Å². The summed E-state index contributed by atoms with van der Waals surface area (Å²) in [5.74, 6) is -0.245. The van der Waals surface area contributed by atoms with E-state index in [1.807, 2.05) is 29.7 Å². The van der Waals surface area contributed by atoms with Crippen LogP contribution in [0.5, 0.6) is 0 Å². The van der Waals surface area contributed by atoms with Crippen LogP contribution in [-0.2, 0) is 12.7 Å². The van der Waals surface area contributed by atoms with E-state index >= 15 is 0 Å². The van der Waals surface area contributed by atoms with Crippen LogP contribution >= 0.6 is 11.3 Å². The normalized spacial score (nSPS) is 11.9. The standard InChI is InChI=1S/C24H17F3N4OS/c1-14-30-21-19-12-15(22(32)29-13-17-4-2-3-11-28-17)5-10-20(19)31(23(21)33-14)18-8-6-16(7-9-18)24(25,26)27/h2-12H,13H2,1H3,(H,29,32). The highest BCUT2D eigenvalue weighted by Gasteiger charge is 2.30. The Hall–Kier alpha value is -3.72. The Morgan fingerprint density at radius 3 is 2.58 bits per heavy atom. The highest BCUT2D eigenvalue weighted by atomic mass is 32.1. The number of aromatic nitrogens is 3. The monoisotopic (exact) mass is 466 g/mol. The first kappa shape index (κ1) is 21.1. The quantitative estimate of drug-likeness (QED) is 0.359. The zero-order valence-electron chi connectivity index (χ0n) is 17.3. The van der Waals surface area contributed by atoms with Crippen LogP contribution in [0.2, 0.25) is 0 Å². The van der Waals surface area contributed by atoms with Crippen molar-refractivity contribution in [3.8, 4) is 5.69 Å². The van der Waals surface area contributed by atoms with Crippen molar-refractivity contribution in [3.05, 3.63) is 88.7 Å². The fraction of sp³-hybridized carbons (Fsp3) is 0.125. The van der Waals surface area contributed by atoms with Crippen molar-refractivity contribution in [2.75, 3.05) is 0 Å². The van der Waals surface area contributed by atoms with Gasteiger partial charge in [0.1, 0.15) is 10.3 Å². The Kier molecular flexibility index (Phi) is 5.13. The predicted octanol–water partition coefficient (Wildman–Crippen LogP) is 5.89. The minimum atomic E-state index is -4.40. The number of nitrogens with zero attached hydrogens (tertiary/aromatic N) is 3. The summed E-state index contributed by atoms with van der Waals surface area (Å²) in [5, 5.41) is 4.45. The second-order valence-electron chi connectivity index (χ2n) is 7.50. The van der Waals surface area contributed by atoms with Crippen molar-refractivity contribution < 1.29 is 18.0 Å². The largest absolute Gasteiger partial charge is 0.416 e.